The smallest absolute Gasteiger partial charge is 0.262 e. The van der Waals surface area contributed by atoms with Crippen molar-refractivity contribution in [2.24, 2.45) is 5.92 Å². The molecule has 0 saturated heterocycles. The van der Waals surface area contributed by atoms with E-state index in [4.69, 9.17) is 0 Å². The summed E-state index contributed by atoms with van der Waals surface area (Å²) < 4.78 is 1.95. The van der Waals surface area contributed by atoms with Gasteiger partial charge < -0.3 is 9.67 Å². The lowest BCUT2D eigenvalue weighted by Crippen LogP contribution is -2.25. The van der Waals surface area contributed by atoms with Gasteiger partial charge in [-0.2, -0.15) is 0 Å². The summed E-state index contributed by atoms with van der Waals surface area (Å²) in [6.07, 6.45) is 18.0. The second-order valence-electron chi connectivity index (χ2n) is 10.1. The van der Waals surface area contributed by atoms with Crippen molar-refractivity contribution in [3.8, 4) is 5.75 Å². The zero-order chi connectivity index (χ0) is 24.2. The van der Waals surface area contributed by atoms with Crippen LogP contribution >= 0.6 is 0 Å². The molecule has 34 heavy (non-hydrogen) atoms. The molecule has 0 amide bonds. The second kappa shape index (κ2) is 14.2. The molecule has 1 aromatic heterocycles. The molecule has 3 rings (SSSR count). The molecule has 0 atom stereocenters. The molecule has 2 aromatic carbocycles. The van der Waals surface area contributed by atoms with Gasteiger partial charge >= 0.3 is 0 Å². The third kappa shape index (κ3) is 7.10. The quantitative estimate of drug-likeness (QED) is 0.170. The van der Waals surface area contributed by atoms with Crippen molar-refractivity contribution in [2.75, 3.05) is 0 Å². The number of para-hydroxylation sites is 1. The highest BCUT2D eigenvalue weighted by Crippen LogP contribution is 2.29. The number of unbranched alkanes of at least 4 members (excludes halogenated alkanes) is 10. The highest BCUT2D eigenvalue weighted by molar-refractivity contribution is 6.07. The van der Waals surface area contributed by atoms with Crippen LogP contribution in [0.25, 0.3) is 21.7 Å². The molecular formula is C31H45NO2. The van der Waals surface area contributed by atoms with E-state index in [1.807, 2.05) is 28.8 Å². The maximum Gasteiger partial charge on any atom is 0.262 e. The van der Waals surface area contributed by atoms with Gasteiger partial charge in [-0.25, -0.2) is 0 Å². The largest absolute Gasteiger partial charge is 0.507 e. The maximum atomic E-state index is 13.6. The summed E-state index contributed by atoms with van der Waals surface area (Å²) in [6, 6.07) is 13.6. The Labute approximate surface area is 206 Å². The lowest BCUT2D eigenvalue weighted by atomic mass is 9.93. The molecule has 0 spiro atoms. The van der Waals surface area contributed by atoms with Crippen LogP contribution in [-0.2, 0) is 6.54 Å². The van der Waals surface area contributed by atoms with Crippen molar-refractivity contribution in [3.05, 3.63) is 52.8 Å². The number of pyridine rings is 1. The van der Waals surface area contributed by atoms with Crippen LogP contribution in [0, 0.1) is 5.92 Å². The maximum absolute atomic E-state index is 13.6. The van der Waals surface area contributed by atoms with E-state index in [0.29, 0.717) is 11.3 Å². The monoisotopic (exact) mass is 463 g/mol. The number of phenolic OH excluding ortho intramolecular Hbond substituents is 1. The number of hydrogen-bond acceptors (Lipinski definition) is 2. The first kappa shape index (κ1) is 26.3. The number of aromatic hydroxyl groups is 1. The number of benzene rings is 2. The standard InChI is InChI=1S/C31H45NO2/c1-3-5-7-9-11-13-18-25(19-14-12-10-8-6-4-2)24-32-28-22-16-15-20-26(28)27-21-17-23-29(33)30(27)31(32)34/h15-17,20-23,25,33H,3-14,18-19,24H2,1-2H3. The fourth-order valence-corrected chi connectivity index (χ4v) is 5.36. The molecule has 0 aliphatic rings. The van der Waals surface area contributed by atoms with Crippen molar-refractivity contribution in [1.82, 2.24) is 4.57 Å². The Bertz CT molecular complexity index is 1050. The SMILES string of the molecule is CCCCCCCCC(CCCCCCCC)Cn1c(=O)c2c(O)cccc2c2ccccc21. The van der Waals surface area contributed by atoms with Crippen LogP contribution < -0.4 is 5.56 Å². The molecule has 3 nitrogen and oxygen atoms in total. The normalized spacial score (nSPS) is 11.7. The van der Waals surface area contributed by atoms with Crippen molar-refractivity contribution >= 4 is 21.7 Å². The molecule has 186 valence electrons. The topological polar surface area (TPSA) is 42.2 Å². The molecule has 0 aliphatic carbocycles. The van der Waals surface area contributed by atoms with Gasteiger partial charge in [-0.15, -0.1) is 0 Å². The summed E-state index contributed by atoms with van der Waals surface area (Å²) in [5.41, 5.74) is 0.934. The van der Waals surface area contributed by atoms with Crippen LogP contribution in [0.15, 0.2) is 47.3 Å². The average molecular weight is 464 g/mol. The van der Waals surface area contributed by atoms with E-state index < -0.39 is 0 Å². The summed E-state index contributed by atoms with van der Waals surface area (Å²) >= 11 is 0. The summed E-state index contributed by atoms with van der Waals surface area (Å²) in [5.74, 6) is 0.590. The number of rotatable bonds is 16. The highest BCUT2D eigenvalue weighted by Gasteiger charge is 2.17. The number of fused-ring (bicyclic) bond motifs is 3. The minimum Gasteiger partial charge on any atom is -0.507 e. The first-order valence-electron chi connectivity index (χ1n) is 13.9. The van der Waals surface area contributed by atoms with Crippen LogP contribution in [-0.4, -0.2) is 9.67 Å². The van der Waals surface area contributed by atoms with Gasteiger partial charge in [0, 0.05) is 17.3 Å². The average Bonchev–Trinajstić information content (AvgIpc) is 2.85. The minimum atomic E-state index is -0.0531. The summed E-state index contributed by atoms with van der Waals surface area (Å²) in [4.78, 5) is 13.6. The molecule has 1 N–H and O–H groups in total. The Balaban J connectivity index is 1.80. The van der Waals surface area contributed by atoms with Crippen molar-refractivity contribution < 1.29 is 5.11 Å². The van der Waals surface area contributed by atoms with E-state index >= 15 is 0 Å². The third-order valence-corrected chi connectivity index (χ3v) is 7.36. The lowest BCUT2D eigenvalue weighted by molar-refractivity contribution is 0.358. The van der Waals surface area contributed by atoms with Gasteiger partial charge in [-0.05, 0) is 30.9 Å². The first-order chi connectivity index (χ1) is 16.7. The van der Waals surface area contributed by atoms with Crippen LogP contribution in [0.5, 0.6) is 5.75 Å². The number of nitrogens with zero attached hydrogens (tertiary/aromatic N) is 1. The fourth-order valence-electron chi connectivity index (χ4n) is 5.36. The fraction of sp³-hybridized carbons (Fsp3) is 0.581. The molecular weight excluding hydrogens is 418 g/mol. The summed E-state index contributed by atoms with van der Waals surface area (Å²) in [7, 11) is 0. The van der Waals surface area contributed by atoms with E-state index in [1.165, 1.54) is 89.9 Å². The Hall–Kier alpha value is -2.29. The van der Waals surface area contributed by atoms with Gasteiger partial charge in [0.2, 0.25) is 0 Å². The Kier molecular flexibility index (Phi) is 11.0. The predicted octanol–water partition coefficient (Wildman–Crippen LogP) is 8.98. The molecule has 0 bridgehead atoms. The van der Waals surface area contributed by atoms with E-state index in [2.05, 4.69) is 26.0 Å². The van der Waals surface area contributed by atoms with Gasteiger partial charge in [0.25, 0.3) is 5.56 Å². The van der Waals surface area contributed by atoms with Gasteiger partial charge in [-0.1, -0.05) is 121 Å². The molecule has 0 saturated carbocycles. The van der Waals surface area contributed by atoms with Gasteiger partial charge in [-0.3, -0.25) is 4.79 Å². The number of hydrogen-bond donors (Lipinski definition) is 1. The summed E-state index contributed by atoms with van der Waals surface area (Å²) in [5, 5.41) is 12.9. The first-order valence-corrected chi connectivity index (χ1v) is 13.9. The second-order valence-corrected chi connectivity index (χ2v) is 10.1. The van der Waals surface area contributed by atoms with Crippen molar-refractivity contribution in [3.63, 3.8) is 0 Å². The van der Waals surface area contributed by atoms with Crippen molar-refractivity contribution in [2.45, 2.75) is 110 Å². The highest BCUT2D eigenvalue weighted by atomic mass is 16.3. The molecule has 0 fully saturated rings. The lowest BCUT2D eigenvalue weighted by Gasteiger charge is -2.21. The Morgan fingerprint density at radius 1 is 0.706 bits per heavy atom. The third-order valence-electron chi connectivity index (χ3n) is 7.36. The minimum absolute atomic E-state index is 0.0531. The Morgan fingerprint density at radius 3 is 1.91 bits per heavy atom. The molecule has 0 aliphatic heterocycles. The molecule has 3 aromatic rings. The van der Waals surface area contributed by atoms with Gasteiger partial charge in [0.15, 0.2) is 0 Å². The predicted molar refractivity (Wildman–Crippen MR) is 147 cm³/mol. The van der Waals surface area contributed by atoms with E-state index in [9.17, 15) is 9.90 Å². The van der Waals surface area contributed by atoms with E-state index in [1.54, 1.807) is 6.07 Å². The zero-order valence-electron chi connectivity index (χ0n) is 21.5. The molecule has 0 unspecified atom stereocenters. The van der Waals surface area contributed by atoms with E-state index in [0.717, 1.165) is 22.8 Å². The molecule has 1 heterocycles. The molecule has 3 heteroatoms. The van der Waals surface area contributed by atoms with Gasteiger partial charge in [0.1, 0.15) is 5.75 Å². The number of phenols is 1. The van der Waals surface area contributed by atoms with E-state index in [-0.39, 0.29) is 11.3 Å². The van der Waals surface area contributed by atoms with Crippen LogP contribution in [0.3, 0.4) is 0 Å². The van der Waals surface area contributed by atoms with Crippen LogP contribution in [0.2, 0.25) is 0 Å². The summed E-state index contributed by atoms with van der Waals surface area (Å²) in [6.45, 7) is 5.27. The van der Waals surface area contributed by atoms with Gasteiger partial charge in [0.05, 0.1) is 10.9 Å². The van der Waals surface area contributed by atoms with Crippen LogP contribution in [0.1, 0.15) is 104 Å². The molecule has 0 radical (unpaired) electrons. The zero-order valence-corrected chi connectivity index (χ0v) is 21.5. The van der Waals surface area contributed by atoms with Crippen LogP contribution in [0.4, 0.5) is 0 Å². The number of aromatic nitrogens is 1. The van der Waals surface area contributed by atoms with Crippen molar-refractivity contribution in [1.29, 1.82) is 0 Å². The Morgan fingerprint density at radius 2 is 1.26 bits per heavy atom.